The lowest BCUT2D eigenvalue weighted by Gasteiger charge is -2.08. The average Bonchev–Trinajstić information content (AvgIpc) is 2.93. The van der Waals surface area contributed by atoms with Crippen LogP contribution in [0.5, 0.6) is 5.75 Å². The summed E-state index contributed by atoms with van der Waals surface area (Å²) in [7, 11) is -3.54. The van der Waals surface area contributed by atoms with Crippen molar-refractivity contribution in [1.29, 1.82) is 0 Å². The number of benzene rings is 2. The van der Waals surface area contributed by atoms with Gasteiger partial charge >= 0.3 is 0 Å². The predicted molar refractivity (Wildman–Crippen MR) is 80.5 cm³/mol. The number of sulfonamides is 1. The van der Waals surface area contributed by atoms with Crippen molar-refractivity contribution in [2.24, 2.45) is 0 Å². The summed E-state index contributed by atoms with van der Waals surface area (Å²) in [6.07, 6.45) is 0.744. The van der Waals surface area contributed by atoms with Crippen LogP contribution in [-0.4, -0.2) is 15.0 Å². The summed E-state index contributed by atoms with van der Waals surface area (Å²) < 4.78 is 32.6. The van der Waals surface area contributed by atoms with E-state index in [2.05, 4.69) is 4.72 Å². The van der Waals surface area contributed by atoms with Gasteiger partial charge < -0.3 is 10.5 Å². The Balaban J connectivity index is 1.78. The standard InChI is InChI=1S/C15H16N2O3S/c16-13-3-1-2-11(8-13)10-17-21(18,19)14-4-5-15-12(9-14)6-7-20-15/h1-5,8-9,17H,6-7,10,16H2. The molecule has 2 aromatic carbocycles. The molecule has 3 rings (SSSR count). The van der Waals surface area contributed by atoms with Crippen LogP contribution in [0.4, 0.5) is 5.69 Å². The third kappa shape index (κ3) is 3.01. The van der Waals surface area contributed by atoms with Crippen LogP contribution in [0.25, 0.3) is 0 Å². The molecule has 0 amide bonds. The van der Waals surface area contributed by atoms with E-state index in [4.69, 9.17) is 10.5 Å². The molecule has 1 heterocycles. The minimum absolute atomic E-state index is 0.209. The molecular weight excluding hydrogens is 288 g/mol. The molecule has 0 radical (unpaired) electrons. The number of rotatable bonds is 4. The highest BCUT2D eigenvalue weighted by Crippen LogP contribution is 2.27. The van der Waals surface area contributed by atoms with Gasteiger partial charge in [-0.25, -0.2) is 13.1 Å². The van der Waals surface area contributed by atoms with Crippen LogP contribution in [0.1, 0.15) is 11.1 Å². The van der Waals surface area contributed by atoms with Gasteiger partial charge in [0.2, 0.25) is 10.0 Å². The van der Waals surface area contributed by atoms with Crippen LogP contribution in [0, 0.1) is 0 Å². The second-order valence-electron chi connectivity index (χ2n) is 4.94. The van der Waals surface area contributed by atoms with Crippen molar-refractivity contribution in [2.75, 3.05) is 12.3 Å². The van der Waals surface area contributed by atoms with Crippen molar-refractivity contribution in [1.82, 2.24) is 4.72 Å². The SMILES string of the molecule is Nc1cccc(CNS(=O)(=O)c2ccc3c(c2)CCO3)c1. The Hall–Kier alpha value is -2.05. The van der Waals surface area contributed by atoms with Gasteiger partial charge in [-0.3, -0.25) is 0 Å². The summed E-state index contributed by atoms with van der Waals surface area (Å²) in [5.74, 6) is 0.768. The molecule has 0 unspecified atom stereocenters. The molecule has 5 nitrogen and oxygen atoms in total. The van der Waals surface area contributed by atoms with Crippen LogP contribution in [0.15, 0.2) is 47.4 Å². The van der Waals surface area contributed by atoms with Gasteiger partial charge in [-0.05, 0) is 41.5 Å². The molecule has 1 aliphatic heterocycles. The van der Waals surface area contributed by atoms with Gasteiger partial charge in [-0.2, -0.15) is 0 Å². The van der Waals surface area contributed by atoms with Crippen molar-refractivity contribution in [3.8, 4) is 5.75 Å². The van der Waals surface area contributed by atoms with Gasteiger partial charge in [0.05, 0.1) is 11.5 Å². The molecular formula is C15H16N2O3S. The fraction of sp³-hybridized carbons (Fsp3) is 0.200. The first-order valence-electron chi connectivity index (χ1n) is 6.64. The molecule has 0 bridgehead atoms. The molecule has 0 spiro atoms. The first-order chi connectivity index (χ1) is 10.0. The third-order valence-electron chi connectivity index (χ3n) is 3.39. The van der Waals surface area contributed by atoms with Gasteiger partial charge in [-0.1, -0.05) is 12.1 Å². The van der Waals surface area contributed by atoms with Crippen molar-refractivity contribution >= 4 is 15.7 Å². The lowest BCUT2D eigenvalue weighted by atomic mass is 10.2. The molecule has 110 valence electrons. The fourth-order valence-corrected chi connectivity index (χ4v) is 3.36. The molecule has 0 aliphatic carbocycles. The van der Waals surface area contributed by atoms with E-state index in [-0.39, 0.29) is 11.4 Å². The molecule has 1 aliphatic rings. The average molecular weight is 304 g/mol. The maximum absolute atomic E-state index is 12.3. The highest BCUT2D eigenvalue weighted by atomic mass is 32.2. The largest absolute Gasteiger partial charge is 0.493 e. The molecule has 0 fully saturated rings. The van der Waals surface area contributed by atoms with Gasteiger partial charge in [0.1, 0.15) is 5.75 Å². The maximum atomic E-state index is 12.3. The van der Waals surface area contributed by atoms with E-state index >= 15 is 0 Å². The van der Waals surface area contributed by atoms with Crippen LogP contribution in [0.2, 0.25) is 0 Å². The number of hydrogen-bond acceptors (Lipinski definition) is 4. The van der Waals surface area contributed by atoms with E-state index < -0.39 is 10.0 Å². The van der Waals surface area contributed by atoms with Crippen molar-refractivity contribution < 1.29 is 13.2 Å². The Morgan fingerprint density at radius 2 is 2.05 bits per heavy atom. The number of fused-ring (bicyclic) bond motifs is 1. The lowest BCUT2D eigenvalue weighted by Crippen LogP contribution is -2.23. The summed E-state index contributed by atoms with van der Waals surface area (Å²) >= 11 is 0. The fourth-order valence-electron chi connectivity index (χ4n) is 2.29. The maximum Gasteiger partial charge on any atom is 0.240 e. The highest BCUT2D eigenvalue weighted by molar-refractivity contribution is 7.89. The van der Waals surface area contributed by atoms with Crippen LogP contribution < -0.4 is 15.2 Å². The summed E-state index contributed by atoms with van der Waals surface area (Å²) in [6, 6.07) is 12.1. The molecule has 3 N–H and O–H groups in total. The number of nitrogen functional groups attached to an aromatic ring is 1. The number of hydrogen-bond donors (Lipinski definition) is 2. The summed E-state index contributed by atoms with van der Waals surface area (Å²) in [4.78, 5) is 0.260. The zero-order chi connectivity index (χ0) is 14.9. The van der Waals surface area contributed by atoms with Crippen LogP contribution in [-0.2, 0) is 23.0 Å². The van der Waals surface area contributed by atoms with Crippen molar-refractivity contribution in [3.05, 3.63) is 53.6 Å². The minimum atomic E-state index is -3.54. The van der Waals surface area contributed by atoms with Gasteiger partial charge in [0.15, 0.2) is 0 Å². The van der Waals surface area contributed by atoms with Gasteiger partial charge in [-0.15, -0.1) is 0 Å². The van der Waals surface area contributed by atoms with Crippen LogP contribution >= 0.6 is 0 Å². The van der Waals surface area contributed by atoms with E-state index in [1.165, 1.54) is 0 Å². The molecule has 0 aromatic heterocycles. The van der Waals surface area contributed by atoms with E-state index in [1.807, 2.05) is 6.07 Å². The Bertz CT molecular complexity index is 772. The van der Waals surface area contributed by atoms with E-state index in [0.717, 1.165) is 23.3 Å². The van der Waals surface area contributed by atoms with Gasteiger partial charge in [0, 0.05) is 18.7 Å². The van der Waals surface area contributed by atoms with E-state index in [1.54, 1.807) is 36.4 Å². The van der Waals surface area contributed by atoms with Crippen LogP contribution in [0.3, 0.4) is 0 Å². The van der Waals surface area contributed by atoms with E-state index in [0.29, 0.717) is 12.3 Å². The lowest BCUT2D eigenvalue weighted by molar-refractivity contribution is 0.356. The molecule has 2 aromatic rings. The Morgan fingerprint density at radius 1 is 1.19 bits per heavy atom. The zero-order valence-corrected chi connectivity index (χ0v) is 12.2. The second kappa shape index (κ2) is 5.38. The third-order valence-corrected chi connectivity index (χ3v) is 4.79. The topological polar surface area (TPSA) is 81.4 Å². The quantitative estimate of drug-likeness (QED) is 0.842. The zero-order valence-electron chi connectivity index (χ0n) is 11.4. The second-order valence-corrected chi connectivity index (χ2v) is 6.70. The van der Waals surface area contributed by atoms with Crippen molar-refractivity contribution in [2.45, 2.75) is 17.9 Å². The Labute approximate surface area is 123 Å². The summed E-state index contributed by atoms with van der Waals surface area (Å²) in [6.45, 7) is 0.816. The smallest absolute Gasteiger partial charge is 0.240 e. The molecule has 0 atom stereocenters. The summed E-state index contributed by atoms with van der Waals surface area (Å²) in [5.41, 5.74) is 8.05. The summed E-state index contributed by atoms with van der Waals surface area (Å²) in [5, 5.41) is 0. The number of nitrogens with one attached hydrogen (secondary N) is 1. The monoisotopic (exact) mass is 304 g/mol. The first kappa shape index (κ1) is 13.9. The van der Waals surface area contributed by atoms with Crippen molar-refractivity contribution in [3.63, 3.8) is 0 Å². The Kier molecular flexibility index (Phi) is 3.57. The first-order valence-corrected chi connectivity index (χ1v) is 8.13. The molecule has 21 heavy (non-hydrogen) atoms. The number of anilines is 1. The minimum Gasteiger partial charge on any atom is -0.493 e. The molecule has 0 saturated heterocycles. The highest BCUT2D eigenvalue weighted by Gasteiger charge is 2.19. The van der Waals surface area contributed by atoms with E-state index in [9.17, 15) is 8.42 Å². The number of nitrogens with two attached hydrogens (primary N) is 1. The Morgan fingerprint density at radius 3 is 2.86 bits per heavy atom. The normalized spacial score (nSPS) is 13.7. The number of ether oxygens (including phenoxy) is 1. The predicted octanol–water partition coefficient (Wildman–Crippen LogP) is 1.68. The molecule has 0 saturated carbocycles. The molecule has 6 heteroatoms. The van der Waals surface area contributed by atoms with Gasteiger partial charge in [0.25, 0.3) is 0 Å².